The van der Waals surface area contributed by atoms with E-state index in [0.717, 1.165) is 21.3 Å². The molecule has 8 heteroatoms. The highest BCUT2D eigenvalue weighted by atomic mass is 79.9. The number of rotatable bonds is 5. The van der Waals surface area contributed by atoms with Crippen molar-refractivity contribution in [2.24, 2.45) is 0 Å². The van der Waals surface area contributed by atoms with Crippen molar-refractivity contribution in [3.63, 3.8) is 0 Å². The molecule has 0 aliphatic carbocycles. The quantitative estimate of drug-likeness (QED) is 0.490. The number of carbonyl (C=O) groups excluding carboxylic acids is 1. The van der Waals surface area contributed by atoms with Gasteiger partial charge >= 0.3 is 0 Å². The highest BCUT2D eigenvalue weighted by molar-refractivity contribution is 9.10. The molecule has 1 amide bonds. The molecule has 0 spiro atoms. The third-order valence-corrected chi connectivity index (χ3v) is 5.06. The van der Waals surface area contributed by atoms with Crippen molar-refractivity contribution in [2.45, 2.75) is 12.1 Å². The molecule has 3 aromatic rings. The topological polar surface area (TPSA) is 85.8 Å². The number of benzene rings is 2. The van der Waals surface area contributed by atoms with Crippen LogP contribution in [0.1, 0.15) is 5.56 Å². The van der Waals surface area contributed by atoms with Crippen molar-refractivity contribution >= 4 is 39.3 Å². The van der Waals surface area contributed by atoms with Gasteiger partial charge in [0, 0.05) is 10.0 Å². The molecule has 0 saturated heterocycles. The summed E-state index contributed by atoms with van der Waals surface area (Å²) < 4.78 is 2.24. The summed E-state index contributed by atoms with van der Waals surface area (Å²) in [6.07, 6.45) is 0. The third-order valence-electron chi connectivity index (χ3n) is 3.42. The lowest BCUT2D eigenvalue weighted by atomic mass is 10.1. The van der Waals surface area contributed by atoms with Crippen LogP contribution in [-0.4, -0.2) is 26.5 Å². The molecule has 6 nitrogen and oxygen atoms in total. The first kappa shape index (κ1) is 17.5. The summed E-state index contributed by atoms with van der Waals surface area (Å²) in [6, 6.07) is 15.3. The molecule has 2 aromatic carbocycles. The number of aromatic nitrogens is 3. The Morgan fingerprint density at radius 3 is 2.80 bits per heavy atom. The molecule has 0 aliphatic rings. The van der Waals surface area contributed by atoms with Gasteiger partial charge in [0.2, 0.25) is 11.1 Å². The number of thioether (sulfide) groups is 1. The van der Waals surface area contributed by atoms with Crippen LogP contribution in [0, 0.1) is 6.92 Å². The van der Waals surface area contributed by atoms with E-state index in [1.54, 1.807) is 0 Å². The van der Waals surface area contributed by atoms with E-state index in [4.69, 9.17) is 5.84 Å². The number of nitrogens with two attached hydrogens (primary N) is 1. The lowest BCUT2D eigenvalue weighted by Crippen LogP contribution is -2.16. The number of anilines is 1. The summed E-state index contributed by atoms with van der Waals surface area (Å²) in [4.78, 5) is 12.1. The lowest BCUT2D eigenvalue weighted by molar-refractivity contribution is -0.113. The minimum absolute atomic E-state index is 0.142. The second kappa shape index (κ2) is 7.71. The van der Waals surface area contributed by atoms with Gasteiger partial charge in [-0.3, -0.25) is 4.79 Å². The van der Waals surface area contributed by atoms with Crippen LogP contribution < -0.4 is 11.2 Å². The zero-order valence-corrected chi connectivity index (χ0v) is 15.8. The average Bonchev–Trinajstić information content (AvgIpc) is 2.96. The van der Waals surface area contributed by atoms with E-state index in [0.29, 0.717) is 11.0 Å². The highest BCUT2D eigenvalue weighted by Gasteiger charge is 2.14. The fraction of sp³-hybridized carbons (Fsp3) is 0.118. The van der Waals surface area contributed by atoms with Crippen molar-refractivity contribution in [3.05, 3.63) is 58.6 Å². The Labute approximate surface area is 157 Å². The second-order valence-corrected chi connectivity index (χ2v) is 7.16. The van der Waals surface area contributed by atoms with Crippen LogP contribution in [0.5, 0.6) is 0 Å². The predicted octanol–water partition coefficient (Wildman–Crippen LogP) is 3.46. The van der Waals surface area contributed by atoms with Crippen LogP contribution >= 0.6 is 27.7 Å². The standard InChI is InChI=1S/C17H16BrN5OS/c1-11-5-4-6-12(9-11)16-21-22-17(23(16)19)25-10-15(24)20-14-8-3-2-7-13(14)18/h2-9H,10,19H2,1H3,(H,20,24). The number of aryl methyl sites for hydroxylation is 1. The summed E-state index contributed by atoms with van der Waals surface area (Å²) in [5.41, 5.74) is 2.73. The number of nitrogen functional groups attached to an aromatic ring is 1. The Bertz CT molecular complexity index is 912. The summed E-state index contributed by atoms with van der Waals surface area (Å²) >= 11 is 4.64. The molecule has 0 radical (unpaired) electrons. The molecule has 3 rings (SSSR count). The third kappa shape index (κ3) is 4.21. The van der Waals surface area contributed by atoms with Gasteiger partial charge < -0.3 is 11.2 Å². The minimum atomic E-state index is -0.142. The molecule has 128 valence electrons. The molecule has 25 heavy (non-hydrogen) atoms. The van der Waals surface area contributed by atoms with Crippen LogP contribution in [-0.2, 0) is 4.79 Å². The van der Waals surface area contributed by atoms with Crippen molar-refractivity contribution < 1.29 is 4.79 Å². The summed E-state index contributed by atoms with van der Waals surface area (Å²) in [6.45, 7) is 2.00. The second-order valence-electron chi connectivity index (χ2n) is 5.36. The predicted molar refractivity (Wildman–Crippen MR) is 104 cm³/mol. The van der Waals surface area contributed by atoms with Crippen LogP contribution in [0.15, 0.2) is 58.2 Å². The van der Waals surface area contributed by atoms with Gasteiger partial charge in [-0.1, -0.05) is 47.7 Å². The zero-order chi connectivity index (χ0) is 17.8. The minimum Gasteiger partial charge on any atom is -0.335 e. The number of hydrogen-bond acceptors (Lipinski definition) is 5. The van der Waals surface area contributed by atoms with E-state index < -0.39 is 0 Å². The van der Waals surface area contributed by atoms with Gasteiger partial charge in [0.1, 0.15) is 0 Å². The first-order valence-electron chi connectivity index (χ1n) is 7.49. The van der Waals surface area contributed by atoms with Crippen LogP contribution in [0.2, 0.25) is 0 Å². The molecule has 3 N–H and O–H groups in total. The smallest absolute Gasteiger partial charge is 0.234 e. The van der Waals surface area contributed by atoms with E-state index in [-0.39, 0.29) is 11.7 Å². The number of hydrogen-bond donors (Lipinski definition) is 2. The van der Waals surface area contributed by atoms with Crippen molar-refractivity contribution in [1.29, 1.82) is 0 Å². The van der Waals surface area contributed by atoms with Crippen molar-refractivity contribution in [1.82, 2.24) is 14.9 Å². The number of para-hydroxylation sites is 1. The fourth-order valence-electron chi connectivity index (χ4n) is 2.24. The molecule has 0 bridgehead atoms. The van der Waals surface area contributed by atoms with E-state index >= 15 is 0 Å². The molecule has 1 heterocycles. The van der Waals surface area contributed by atoms with Gasteiger partial charge in [0.25, 0.3) is 0 Å². The van der Waals surface area contributed by atoms with Gasteiger partial charge in [0.15, 0.2) is 5.82 Å². The van der Waals surface area contributed by atoms with Crippen molar-refractivity contribution in [2.75, 3.05) is 16.9 Å². The lowest BCUT2D eigenvalue weighted by Gasteiger charge is -2.07. The van der Waals surface area contributed by atoms with Crippen LogP contribution in [0.25, 0.3) is 11.4 Å². The molecular weight excluding hydrogens is 402 g/mol. The maximum atomic E-state index is 12.1. The Balaban J connectivity index is 1.66. The van der Waals surface area contributed by atoms with E-state index in [1.807, 2.05) is 55.5 Å². The van der Waals surface area contributed by atoms with E-state index in [1.165, 1.54) is 16.4 Å². The first-order chi connectivity index (χ1) is 12.0. The zero-order valence-electron chi connectivity index (χ0n) is 13.4. The number of carbonyl (C=O) groups is 1. The molecule has 1 aromatic heterocycles. The largest absolute Gasteiger partial charge is 0.335 e. The summed E-state index contributed by atoms with van der Waals surface area (Å²) in [7, 11) is 0. The SMILES string of the molecule is Cc1cccc(-c2nnc(SCC(=O)Nc3ccccc3Br)n2N)c1. The van der Waals surface area contributed by atoms with Gasteiger partial charge in [-0.15, -0.1) is 10.2 Å². The molecule has 0 saturated carbocycles. The molecule has 0 aliphatic heterocycles. The highest BCUT2D eigenvalue weighted by Crippen LogP contribution is 2.24. The maximum absolute atomic E-state index is 12.1. The Kier molecular flexibility index (Phi) is 5.40. The maximum Gasteiger partial charge on any atom is 0.234 e. The number of nitrogens with one attached hydrogen (secondary N) is 1. The van der Waals surface area contributed by atoms with Crippen molar-refractivity contribution in [3.8, 4) is 11.4 Å². The van der Waals surface area contributed by atoms with Gasteiger partial charge in [0.05, 0.1) is 11.4 Å². The number of nitrogens with zero attached hydrogens (tertiary/aromatic N) is 3. The Hall–Kier alpha value is -2.32. The fourth-order valence-corrected chi connectivity index (χ4v) is 3.28. The number of halogens is 1. The van der Waals surface area contributed by atoms with Gasteiger partial charge in [-0.2, -0.15) is 0 Å². The normalized spacial score (nSPS) is 10.6. The monoisotopic (exact) mass is 417 g/mol. The molecule has 0 unspecified atom stereocenters. The number of amides is 1. The van der Waals surface area contributed by atoms with Crippen LogP contribution in [0.4, 0.5) is 5.69 Å². The van der Waals surface area contributed by atoms with Crippen LogP contribution in [0.3, 0.4) is 0 Å². The molecular formula is C17H16BrN5OS. The van der Waals surface area contributed by atoms with Gasteiger partial charge in [-0.05, 0) is 41.1 Å². The van der Waals surface area contributed by atoms with E-state index in [9.17, 15) is 4.79 Å². The molecule has 0 atom stereocenters. The summed E-state index contributed by atoms with van der Waals surface area (Å²) in [5.74, 6) is 6.69. The summed E-state index contributed by atoms with van der Waals surface area (Å²) in [5, 5.41) is 11.5. The Morgan fingerprint density at radius 2 is 2.04 bits per heavy atom. The molecule has 0 fully saturated rings. The van der Waals surface area contributed by atoms with E-state index in [2.05, 4.69) is 31.4 Å². The van der Waals surface area contributed by atoms with Gasteiger partial charge in [-0.25, -0.2) is 4.68 Å². The Morgan fingerprint density at radius 1 is 1.24 bits per heavy atom. The average molecular weight is 418 g/mol. The first-order valence-corrected chi connectivity index (χ1v) is 9.27.